The summed E-state index contributed by atoms with van der Waals surface area (Å²) in [7, 11) is 0. The molecule has 0 aliphatic carbocycles. The maximum Gasteiger partial charge on any atom is 0.306 e. The normalized spacial score (nSPS) is 13.1. The Labute approximate surface area is 222 Å². The fraction of sp³-hybridized carbons (Fsp3) is 0.219. The van der Waals surface area contributed by atoms with Crippen LogP contribution in [-0.2, 0) is 9.53 Å². The van der Waals surface area contributed by atoms with E-state index in [1.165, 1.54) is 4.90 Å². The van der Waals surface area contributed by atoms with Crippen molar-refractivity contribution in [1.29, 1.82) is 0 Å². The van der Waals surface area contributed by atoms with Gasteiger partial charge in [-0.05, 0) is 69.7 Å². The molecule has 0 radical (unpaired) electrons. The van der Waals surface area contributed by atoms with Gasteiger partial charge in [-0.15, -0.1) is 0 Å². The van der Waals surface area contributed by atoms with Gasteiger partial charge in [-0.1, -0.05) is 48.5 Å². The minimum Gasteiger partial charge on any atom is -0.460 e. The molecule has 1 aliphatic rings. The van der Waals surface area contributed by atoms with Crippen LogP contribution in [0.25, 0.3) is 10.8 Å². The van der Waals surface area contributed by atoms with Crippen molar-refractivity contribution < 1.29 is 19.1 Å². The molecule has 0 N–H and O–H groups in total. The van der Waals surface area contributed by atoms with Crippen LogP contribution < -0.4 is 4.90 Å². The Balaban J connectivity index is 1.51. The van der Waals surface area contributed by atoms with Crippen molar-refractivity contribution in [3.8, 4) is 0 Å². The van der Waals surface area contributed by atoms with Gasteiger partial charge in [0.2, 0.25) is 0 Å². The van der Waals surface area contributed by atoms with Crippen LogP contribution in [0.3, 0.4) is 0 Å². The van der Waals surface area contributed by atoms with E-state index < -0.39 is 5.60 Å². The first-order chi connectivity index (χ1) is 18.2. The molecule has 2 amide bonds. The zero-order chi connectivity index (χ0) is 26.9. The molecule has 1 heterocycles. The summed E-state index contributed by atoms with van der Waals surface area (Å²) in [4.78, 5) is 42.5. The highest BCUT2D eigenvalue weighted by atomic mass is 16.6. The number of hydrogen-bond donors (Lipinski definition) is 0. The van der Waals surface area contributed by atoms with E-state index in [1.54, 1.807) is 12.1 Å². The van der Waals surface area contributed by atoms with E-state index in [0.29, 0.717) is 22.9 Å². The van der Waals surface area contributed by atoms with E-state index in [1.807, 2.05) is 99.6 Å². The van der Waals surface area contributed by atoms with Crippen molar-refractivity contribution in [2.75, 3.05) is 11.4 Å². The molecule has 0 unspecified atom stereocenters. The van der Waals surface area contributed by atoms with E-state index in [-0.39, 0.29) is 30.7 Å². The highest BCUT2D eigenvalue weighted by Crippen LogP contribution is 2.42. The monoisotopic (exact) mass is 506 g/mol. The Kier molecular flexibility index (Phi) is 6.72. The number of rotatable bonds is 7. The number of anilines is 3. The van der Waals surface area contributed by atoms with Crippen LogP contribution >= 0.6 is 0 Å². The third-order valence-electron chi connectivity index (χ3n) is 6.42. The largest absolute Gasteiger partial charge is 0.460 e. The predicted octanol–water partition coefficient (Wildman–Crippen LogP) is 7.03. The van der Waals surface area contributed by atoms with E-state index in [0.717, 1.165) is 22.4 Å². The third kappa shape index (κ3) is 4.90. The van der Waals surface area contributed by atoms with Crippen molar-refractivity contribution >= 4 is 45.6 Å². The Morgan fingerprint density at radius 1 is 0.763 bits per heavy atom. The number of carbonyl (C=O) groups is 3. The van der Waals surface area contributed by atoms with Crippen LogP contribution in [0.15, 0.2) is 91.0 Å². The first kappa shape index (κ1) is 25.2. The number of hydrogen-bond acceptors (Lipinski definition) is 5. The first-order valence-electron chi connectivity index (χ1n) is 12.8. The second kappa shape index (κ2) is 10.1. The molecule has 4 aromatic carbocycles. The van der Waals surface area contributed by atoms with Gasteiger partial charge in [0.1, 0.15) is 5.60 Å². The second-order valence-corrected chi connectivity index (χ2v) is 10.3. The number of para-hydroxylation sites is 2. The zero-order valence-corrected chi connectivity index (χ0v) is 21.8. The predicted molar refractivity (Wildman–Crippen MR) is 149 cm³/mol. The third-order valence-corrected chi connectivity index (χ3v) is 6.42. The lowest BCUT2D eigenvalue weighted by Crippen LogP contribution is -2.41. The highest BCUT2D eigenvalue weighted by molar-refractivity contribution is 6.27. The van der Waals surface area contributed by atoms with Crippen molar-refractivity contribution in [1.82, 2.24) is 4.90 Å². The molecule has 5 rings (SSSR count). The van der Waals surface area contributed by atoms with Crippen molar-refractivity contribution in [2.45, 2.75) is 39.2 Å². The summed E-state index contributed by atoms with van der Waals surface area (Å²) in [5.41, 5.74) is 3.21. The minimum absolute atomic E-state index is 0.132. The summed E-state index contributed by atoms with van der Waals surface area (Å²) in [5.74, 6) is -1.04. The summed E-state index contributed by atoms with van der Waals surface area (Å²) in [5, 5.41) is 1.48. The molecule has 0 saturated heterocycles. The Bertz CT molecular complexity index is 1450. The topological polar surface area (TPSA) is 66.9 Å². The molecule has 4 aromatic rings. The number of carbonyl (C=O) groups excluding carboxylic acids is 3. The fourth-order valence-corrected chi connectivity index (χ4v) is 4.88. The number of ether oxygens (including phenoxy) is 1. The molecular formula is C32H30N2O4. The molecule has 0 saturated carbocycles. The Hall–Kier alpha value is -4.45. The number of amides is 2. The lowest BCUT2D eigenvalue weighted by atomic mass is 9.92. The summed E-state index contributed by atoms with van der Waals surface area (Å²) in [6.07, 6.45) is 0.471. The van der Waals surface area contributed by atoms with Crippen LogP contribution in [0.5, 0.6) is 0 Å². The van der Waals surface area contributed by atoms with E-state index >= 15 is 0 Å². The molecule has 0 spiro atoms. The average molecular weight is 507 g/mol. The van der Waals surface area contributed by atoms with Gasteiger partial charge in [0.05, 0.1) is 5.69 Å². The van der Waals surface area contributed by atoms with Crippen molar-refractivity contribution in [2.24, 2.45) is 0 Å². The zero-order valence-electron chi connectivity index (χ0n) is 21.8. The lowest BCUT2D eigenvalue weighted by molar-refractivity contribution is -0.154. The van der Waals surface area contributed by atoms with Crippen molar-refractivity contribution in [3.63, 3.8) is 0 Å². The Morgan fingerprint density at radius 2 is 1.34 bits per heavy atom. The number of nitrogens with zero attached hydrogens (tertiary/aromatic N) is 2. The maximum absolute atomic E-state index is 13.5. The second-order valence-electron chi connectivity index (χ2n) is 10.3. The number of imide groups is 1. The van der Waals surface area contributed by atoms with Gasteiger partial charge in [-0.25, -0.2) is 0 Å². The fourth-order valence-electron chi connectivity index (χ4n) is 4.88. The molecule has 38 heavy (non-hydrogen) atoms. The molecular weight excluding hydrogens is 476 g/mol. The molecule has 192 valence electrons. The van der Waals surface area contributed by atoms with Gasteiger partial charge in [-0.2, -0.15) is 0 Å². The summed E-state index contributed by atoms with van der Waals surface area (Å²) >= 11 is 0. The standard InChI is InChI=1S/C32H30N2O4/c1-32(2,3)38-28(35)18-11-21-33-30(36)25-17-10-16-24-27(20-19-26(29(24)25)31(33)37)34(22-12-6-4-7-13-22)23-14-8-5-9-15-23/h4-10,12-17,19-20H,11,18,21H2,1-3H3. The van der Waals surface area contributed by atoms with E-state index in [2.05, 4.69) is 4.90 Å². The SMILES string of the molecule is CC(C)(C)OC(=O)CCCN1C(=O)c2cccc3c(N(c4ccccc4)c4ccccc4)ccc(c23)C1=O. The summed E-state index contributed by atoms with van der Waals surface area (Å²) in [6, 6.07) is 29.3. The van der Waals surface area contributed by atoms with Gasteiger partial charge in [0.15, 0.2) is 0 Å². The maximum atomic E-state index is 13.5. The van der Waals surface area contributed by atoms with Crippen LogP contribution in [0, 0.1) is 0 Å². The van der Waals surface area contributed by atoms with Gasteiger partial charge < -0.3 is 9.64 Å². The molecule has 0 bridgehead atoms. The van der Waals surface area contributed by atoms with Crippen LogP contribution in [0.4, 0.5) is 17.1 Å². The smallest absolute Gasteiger partial charge is 0.306 e. The van der Waals surface area contributed by atoms with Crippen LogP contribution in [-0.4, -0.2) is 34.8 Å². The van der Waals surface area contributed by atoms with E-state index in [9.17, 15) is 14.4 Å². The summed E-state index contributed by atoms with van der Waals surface area (Å²) in [6.45, 7) is 5.58. The van der Waals surface area contributed by atoms with E-state index in [4.69, 9.17) is 4.74 Å². The Morgan fingerprint density at radius 3 is 1.92 bits per heavy atom. The number of benzene rings is 4. The van der Waals surface area contributed by atoms with Crippen molar-refractivity contribution in [3.05, 3.63) is 102 Å². The van der Waals surface area contributed by atoms with Gasteiger partial charge in [0.25, 0.3) is 11.8 Å². The summed E-state index contributed by atoms with van der Waals surface area (Å²) < 4.78 is 5.36. The first-order valence-corrected chi connectivity index (χ1v) is 12.8. The van der Waals surface area contributed by atoms with Crippen LogP contribution in [0.2, 0.25) is 0 Å². The van der Waals surface area contributed by atoms with Gasteiger partial charge in [0, 0.05) is 46.2 Å². The minimum atomic E-state index is -0.576. The molecule has 0 fully saturated rings. The van der Waals surface area contributed by atoms with Gasteiger partial charge in [-0.3, -0.25) is 19.3 Å². The molecule has 0 aromatic heterocycles. The van der Waals surface area contributed by atoms with Crippen LogP contribution in [0.1, 0.15) is 54.3 Å². The quantitative estimate of drug-likeness (QED) is 0.199. The lowest BCUT2D eigenvalue weighted by Gasteiger charge is -2.31. The highest BCUT2D eigenvalue weighted by Gasteiger charge is 2.34. The molecule has 6 nitrogen and oxygen atoms in total. The molecule has 0 atom stereocenters. The average Bonchev–Trinajstić information content (AvgIpc) is 2.90. The molecule has 1 aliphatic heterocycles. The number of esters is 1. The van der Waals surface area contributed by atoms with Gasteiger partial charge >= 0.3 is 5.97 Å². The molecule has 6 heteroatoms.